The summed E-state index contributed by atoms with van der Waals surface area (Å²) in [6.07, 6.45) is 1.02. The van der Waals surface area contributed by atoms with Gasteiger partial charge in [0, 0.05) is 36.8 Å². The molecule has 3 rings (SSSR count). The number of nitrogens with one attached hydrogen (secondary N) is 1. The fraction of sp³-hybridized carbons (Fsp3) is 0.429. The Morgan fingerprint density at radius 3 is 2.44 bits per heavy atom. The van der Waals surface area contributed by atoms with Crippen LogP contribution in [0.5, 0.6) is 17.2 Å². The van der Waals surface area contributed by atoms with E-state index in [0.717, 1.165) is 49.5 Å². The second-order valence-corrected chi connectivity index (χ2v) is 6.54. The number of rotatable bonds is 6. The van der Waals surface area contributed by atoms with Crippen LogP contribution in [0.15, 0.2) is 36.4 Å². The first kappa shape index (κ1) is 19.5. The van der Waals surface area contributed by atoms with E-state index in [1.165, 1.54) is 6.07 Å². The maximum absolute atomic E-state index is 14.2. The van der Waals surface area contributed by atoms with E-state index < -0.39 is 0 Å². The van der Waals surface area contributed by atoms with Crippen molar-refractivity contribution in [1.29, 1.82) is 0 Å². The minimum absolute atomic E-state index is 0.184. The topological polar surface area (TPSA) is 43.0 Å². The zero-order chi connectivity index (χ0) is 19.2. The lowest BCUT2D eigenvalue weighted by molar-refractivity contribution is 0.231. The Hall–Kier alpha value is -2.31. The number of methoxy groups -OCH3 is 3. The van der Waals surface area contributed by atoms with Gasteiger partial charge in [0.05, 0.1) is 27.4 Å². The van der Waals surface area contributed by atoms with Crippen LogP contribution >= 0.6 is 0 Å². The standard InChI is InChI=1S/C21H27FN2O3/c1-25-16-6-7-17(20(14-16)27-3)21(24-11-4-9-23-10-12-24)18-13-15(22)5-8-19(18)26-2/h5-8,13-14,21,23H,4,9-12H2,1-3H3. The number of hydrogen-bond acceptors (Lipinski definition) is 5. The molecule has 6 heteroatoms. The molecule has 1 aliphatic heterocycles. The molecular formula is C21H27FN2O3. The fourth-order valence-electron chi connectivity index (χ4n) is 3.65. The van der Waals surface area contributed by atoms with Crippen molar-refractivity contribution in [3.8, 4) is 17.2 Å². The van der Waals surface area contributed by atoms with Gasteiger partial charge in [-0.2, -0.15) is 0 Å². The summed E-state index contributed by atoms with van der Waals surface area (Å²) in [5.74, 6) is 1.81. The van der Waals surface area contributed by atoms with Gasteiger partial charge >= 0.3 is 0 Å². The van der Waals surface area contributed by atoms with Gasteiger partial charge < -0.3 is 19.5 Å². The Balaban J connectivity index is 2.15. The van der Waals surface area contributed by atoms with Crippen LogP contribution in [0.3, 0.4) is 0 Å². The molecule has 146 valence electrons. The molecule has 0 saturated carbocycles. The molecule has 1 unspecified atom stereocenters. The first-order valence-electron chi connectivity index (χ1n) is 9.18. The molecule has 0 radical (unpaired) electrons. The van der Waals surface area contributed by atoms with Crippen LogP contribution in [0, 0.1) is 5.82 Å². The molecule has 2 aromatic carbocycles. The third kappa shape index (κ3) is 4.34. The molecule has 1 saturated heterocycles. The van der Waals surface area contributed by atoms with Gasteiger partial charge in [0.15, 0.2) is 0 Å². The minimum Gasteiger partial charge on any atom is -0.497 e. The fourth-order valence-corrected chi connectivity index (χ4v) is 3.65. The summed E-state index contributed by atoms with van der Waals surface area (Å²) in [6.45, 7) is 3.60. The highest BCUT2D eigenvalue weighted by Gasteiger charge is 2.29. The van der Waals surface area contributed by atoms with E-state index in [-0.39, 0.29) is 11.9 Å². The van der Waals surface area contributed by atoms with E-state index in [1.54, 1.807) is 33.5 Å². The first-order chi connectivity index (χ1) is 13.2. The van der Waals surface area contributed by atoms with Gasteiger partial charge in [-0.15, -0.1) is 0 Å². The molecule has 0 bridgehead atoms. The predicted molar refractivity (Wildman–Crippen MR) is 103 cm³/mol. The van der Waals surface area contributed by atoms with Crippen LogP contribution in [0.4, 0.5) is 4.39 Å². The number of nitrogens with zero attached hydrogens (tertiary/aromatic N) is 1. The van der Waals surface area contributed by atoms with Crippen molar-refractivity contribution in [3.05, 3.63) is 53.3 Å². The monoisotopic (exact) mass is 374 g/mol. The maximum atomic E-state index is 14.2. The SMILES string of the molecule is COc1ccc(C(c2cc(F)ccc2OC)N2CCCNCC2)c(OC)c1. The zero-order valence-electron chi connectivity index (χ0n) is 16.1. The Morgan fingerprint density at radius 1 is 0.889 bits per heavy atom. The smallest absolute Gasteiger partial charge is 0.127 e. The lowest BCUT2D eigenvalue weighted by Crippen LogP contribution is -2.33. The molecular weight excluding hydrogens is 347 g/mol. The average molecular weight is 374 g/mol. The highest BCUT2D eigenvalue weighted by Crippen LogP contribution is 2.40. The molecule has 1 atom stereocenters. The molecule has 1 heterocycles. The third-order valence-electron chi connectivity index (χ3n) is 4.96. The van der Waals surface area contributed by atoms with Crippen molar-refractivity contribution in [3.63, 3.8) is 0 Å². The van der Waals surface area contributed by atoms with Gasteiger partial charge in [-0.05, 0) is 43.3 Å². The number of benzene rings is 2. The normalized spacial score (nSPS) is 16.4. The summed E-state index contributed by atoms with van der Waals surface area (Å²) in [5.41, 5.74) is 1.76. The molecule has 2 aromatic rings. The second-order valence-electron chi connectivity index (χ2n) is 6.54. The van der Waals surface area contributed by atoms with Crippen LogP contribution in [-0.2, 0) is 0 Å². The van der Waals surface area contributed by atoms with Crippen LogP contribution in [0.25, 0.3) is 0 Å². The lowest BCUT2D eigenvalue weighted by atomic mass is 9.94. The molecule has 0 amide bonds. The highest BCUT2D eigenvalue weighted by molar-refractivity contribution is 5.49. The van der Waals surface area contributed by atoms with Gasteiger partial charge in [-0.3, -0.25) is 4.90 Å². The first-order valence-corrected chi connectivity index (χ1v) is 9.18. The van der Waals surface area contributed by atoms with Gasteiger partial charge in [0.25, 0.3) is 0 Å². The Morgan fingerprint density at radius 2 is 1.70 bits per heavy atom. The third-order valence-corrected chi connectivity index (χ3v) is 4.96. The number of halogens is 1. The molecule has 5 nitrogen and oxygen atoms in total. The van der Waals surface area contributed by atoms with E-state index in [1.807, 2.05) is 18.2 Å². The van der Waals surface area contributed by atoms with Gasteiger partial charge in [-0.25, -0.2) is 4.39 Å². The van der Waals surface area contributed by atoms with Crippen LogP contribution in [-0.4, -0.2) is 52.4 Å². The van der Waals surface area contributed by atoms with Gasteiger partial charge in [-0.1, -0.05) is 0 Å². The summed E-state index contributed by atoms with van der Waals surface area (Å²) < 4.78 is 30.7. The van der Waals surface area contributed by atoms with Gasteiger partial charge in [0.1, 0.15) is 23.1 Å². The lowest BCUT2D eigenvalue weighted by Gasteiger charge is -2.33. The van der Waals surface area contributed by atoms with E-state index in [0.29, 0.717) is 11.5 Å². The van der Waals surface area contributed by atoms with Crippen molar-refractivity contribution in [2.45, 2.75) is 12.5 Å². The van der Waals surface area contributed by atoms with Crippen LogP contribution in [0.2, 0.25) is 0 Å². The van der Waals surface area contributed by atoms with Crippen molar-refractivity contribution >= 4 is 0 Å². The van der Waals surface area contributed by atoms with E-state index in [9.17, 15) is 4.39 Å². The van der Waals surface area contributed by atoms with Crippen molar-refractivity contribution < 1.29 is 18.6 Å². The summed E-state index contributed by atoms with van der Waals surface area (Å²) in [4.78, 5) is 2.35. The molecule has 0 aromatic heterocycles. The van der Waals surface area contributed by atoms with Crippen LogP contribution < -0.4 is 19.5 Å². The van der Waals surface area contributed by atoms with E-state index in [2.05, 4.69) is 10.2 Å². The van der Waals surface area contributed by atoms with Crippen LogP contribution in [0.1, 0.15) is 23.6 Å². The summed E-state index contributed by atoms with van der Waals surface area (Å²) in [7, 11) is 4.88. The zero-order valence-corrected chi connectivity index (χ0v) is 16.1. The Labute approximate surface area is 160 Å². The van der Waals surface area contributed by atoms with Crippen molar-refractivity contribution in [2.24, 2.45) is 0 Å². The molecule has 1 fully saturated rings. The largest absolute Gasteiger partial charge is 0.497 e. The summed E-state index contributed by atoms with van der Waals surface area (Å²) >= 11 is 0. The van der Waals surface area contributed by atoms with Crippen molar-refractivity contribution in [2.75, 3.05) is 47.5 Å². The van der Waals surface area contributed by atoms with E-state index >= 15 is 0 Å². The Bertz CT molecular complexity index is 761. The molecule has 1 aliphatic rings. The van der Waals surface area contributed by atoms with E-state index in [4.69, 9.17) is 14.2 Å². The predicted octanol–water partition coefficient (Wildman–Crippen LogP) is 3.24. The quantitative estimate of drug-likeness (QED) is 0.841. The molecule has 0 aliphatic carbocycles. The summed E-state index contributed by atoms with van der Waals surface area (Å²) in [6, 6.07) is 10.3. The maximum Gasteiger partial charge on any atom is 0.127 e. The number of hydrogen-bond donors (Lipinski definition) is 1. The second kappa shape index (κ2) is 9.06. The average Bonchev–Trinajstić information content (AvgIpc) is 2.98. The molecule has 1 N–H and O–H groups in total. The molecule has 0 spiro atoms. The van der Waals surface area contributed by atoms with Crippen molar-refractivity contribution in [1.82, 2.24) is 10.2 Å². The highest BCUT2D eigenvalue weighted by atomic mass is 19.1. The minimum atomic E-state index is -0.281. The number of ether oxygens (including phenoxy) is 3. The van der Waals surface area contributed by atoms with Gasteiger partial charge in [0.2, 0.25) is 0 Å². The summed E-state index contributed by atoms with van der Waals surface area (Å²) in [5, 5.41) is 3.42. The molecule has 27 heavy (non-hydrogen) atoms. The Kier molecular flexibility index (Phi) is 6.53.